The Hall–Kier alpha value is -3.54. The Labute approximate surface area is 176 Å². The summed E-state index contributed by atoms with van der Waals surface area (Å²) in [7, 11) is 3.66. The minimum atomic E-state index is -0.196. The van der Waals surface area contributed by atoms with Crippen molar-refractivity contribution in [3.05, 3.63) is 77.6 Å². The van der Waals surface area contributed by atoms with Gasteiger partial charge in [-0.15, -0.1) is 0 Å². The van der Waals surface area contributed by atoms with Gasteiger partial charge in [0, 0.05) is 36.7 Å². The second kappa shape index (κ2) is 8.86. The van der Waals surface area contributed by atoms with Crippen LogP contribution in [0.3, 0.4) is 0 Å². The third-order valence-electron chi connectivity index (χ3n) is 5.22. The molecule has 0 radical (unpaired) electrons. The molecular formula is C24H25N3O3. The van der Waals surface area contributed by atoms with Crippen molar-refractivity contribution in [2.45, 2.75) is 19.4 Å². The Balaban J connectivity index is 1.50. The van der Waals surface area contributed by atoms with Gasteiger partial charge in [0.15, 0.2) is 11.5 Å². The lowest BCUT2D eigenvalue weighted by Gasteiger charge is -2.28. The molecule has 0 bridgehead atoms. The van der Waals surface area contributed by atoms with Crippen LogP contribution in [0.4, 0.5) is 11.4 Å². The fraction of sp³-hybridized carbons (Fsp3) is 0.250. The molecule has 3 aromatic rings. The summed E-state index contributed by atoms with van der Waals surface area (Å²) in [5.74, 6) is 0.873. The summed E-state index contributed by atoms with van der Waals surface area (Å²) in [5, 5.41) is 2.99. The smallest absolute Gasteiger partial charge is 0.255 e. The summed E-state index contributed by atoms with van der Waals surface area (Å²) >= 11 is 0. The molecule has 6 nitrogen and oxygen atoms in total. The molecule has 0 saturated carbocycles. The maximum Gasteiger partial charge on any atom is 0.255 e. The predicted octanol–water partition coefficient (Wildman–Crippen LogP) is 4.30. The molecule has 1 aliphatic heterocycles. The first-order chi connectivity index (χ1) is 14.6. The molecule has 2 heterocycles. The summed E-state index contributed by atoms with van der Waals surface area (Å²) in [6, 6.07) is 16.9. The van der Waals surface area contributed by atoms with E-state index in [-0.39, 0.29) is 5.91 Å². The molecule has 4 rings (SSSR count). The molecular weight excluding hydrogens is 378 g/mol. The van der Waals surface area contributed by atoms with Gasteiger partial charge in [0.05, 0.1) is 12.8 Å². The fourth-order valence-corrected chi connectivity index (χ4v) is 3.60. The first kappa shape index (κ1) is 19.8. The molecule has 1 aliphatic rings. The molecule has 6 heteroatoms. The van der Waals surface area contributed by atoms with Gasteiger partial charge in [-0.25, -0.2) is 0 Å². The van der Waals surface area contributed by atoms with E-state index in [0.717, 1.165) is 30.8 Å². The number of rotatable bonds is 6. The third kappa shape index (κ3) is 4.38. The molecule has 30 heavy (non-hydrogen) atoms. The van der Waals surface area contributed by atoms with E-state index < -0.39 is 0 Å². The van der Waals surface area contributed by atoms with E-state index in [1.54, 1.807) is 31.5 Å². The van der Waals surface area contributed by atoms with Gasteiger partial charge >= 0.3 is 0 Å². The quantitative estimate of drug-likeness (QED) is 0.665. The Morgan fingerprint density at radius 2 is 2.03 bits per heavy atom. The highest BCUT2D eigenvalue weighted by Crippen LogP contribution is 2.31. The van der Waals surface area contributed by atoms with Gasteiger partial charge in [0.2, 0.25) is 0 Å². The highest BCUT2D eigenvalue weighted by molar-refractivity contribution is 6.05. The number of fused-ring (bicyclic) bond motifs is 1. The summed E-state index contributed by atoms with van der Waals surface area (Å²) in [6.45, 7) is 1.32. The van der Waals surface area contributed by atoms with E-state index in [2.05, 4.69) is 28.3 Å². The van der Waals surface area contributed by atoms with Crippen LogP contribution in [-0.2, 0) is 13.0 Å². The van der Waals surface area contributed by atoms with Crippen molar-refractivity contribution in [1.29, 1.82) is 0 Å². The van der Waals surface area contributed by atoms with Crippen molar-refractivity contribution >= 4 is 17.3 Å². The minimum absolute atomic E-state index is 0.196. The molecule has 0 spiro atoms. The topological polar surface area (TPSA) is 63.7 Å². The third-order valence-corrected chi connectivity index (χ3v) is 5.22. The average molecular weight is 403 g/mol. The monoisotopic (exact) mass is 403 g/mol. The predicted molar refractivity (Wildman–Crippen MR) is 118 cm³/mol. The van der Waals surface area contributed by atoms with Crippen LogP contribution >= 0.6 is 0 Å². The number of aryl methyl sites for hydroxylation is 1. The molecule has 0 fully saturated rings. The first-order valence-electron chi connectivity index (χ1n) is 10.00. The number of nitrogens with one attached hydrogen (secondary N) is 1. The highest BCUT2D eigenvalue weighted by Gasteiger charge is 2.16. The van der Waals surface area contributed by atoms with Crippen LogP contribution < -0.4 is 19.7 Å². The summed E-state index contributed by atoms with van der Waals surface area (Å²) in [6.07, 6.45) is 3.95. The Kier molecular flexibility index (Phi) is 5.84. The number of ether oxygens (including phenoxy) is 2. The number of aromatic nitrogens is 1. The normalized spacial score (nSPS) is 12.8. The van der Waals surface area contributed by atoms with Crippen LogP contribution in [0.15, 0.2) is 60.8 Å². The number of benzene rings is 2. The van der Waals surface area contributed by atoms with Gasteiger partial charge in [-0.3, -0.25) is 9.78 Å². The lowest BCUT2D eigenvalue weighted by molar-refractivity contribution is 0.102. The molecule has 0 atom stereocenters. The molecule has 1 N–H and O–H groups in total. The zero-order valence-electron chi connectivity index (χ0n) is 17.2. The van der Waals surface area contributed by atoms with Crippen molar-refractivity contribution in [2.24, 2.45) is 0 Å². The number of pyridine rings is 1. The molecule has 154 valence electrons. The van der Waals surface area contributed by atoms with E-state index in [4.69, 9.17) is 9.47 Å². The van der Waals surface area contributed by atoms with Crippen molar-refractivity contribution < 1.29 is 14.3 Å². The summed E-state index contributed by atoms with van der Waals surface area (Å²) in [4.78, 5) is 19.3. The molecule has 0 saturated heterocycles. The minimum Gasteiger partial charge on any atom is -0.493 e. The van der Waals surface area contributed by atoms with Crippen LogP contribution in [-0.4, -0.2) is 31.6 Å². The Morgan fingerprint density at radius 1 is 1.13 bits per heavy atom. The number of carbonyl (C=O) groups excluding carboxylic acids is 1. The van der Waals surface area contributed by atoms with Crippen LogP contribution in [0.25, 0.3) is 0 Å². The number of anilines is 2. The van der Waals surface area contributed by atoms with Gasteiger partial charge in [-0.05, 0) is 60.9 Å². The Bertz CT molecular complexity index is 1040. The maximum absolute atomic E-state index is 12.9. The van der Waals surface area contributed by atoms with Gasteiger partial charge in [-0.2, -0.15) is 0 Å². The number of amides is 1. The summed E-state index contributed by atoms with van der Waals surface area (Å²) < 4.78 is 11.2. The van der Waals surface area contributed by atoms with Crippen LogP contribution in [0, 0.1) is 0 Å². The van der Waals surface area contributed by atoms with Crippen LogP contribution in [0.1, 0.15) is 28.0 Å². The van der Waals surface area contributed by atoms with Gasteiger partial charge in [0.1, 0.15) is 6.61 Å². The maximum atomic E-state index is 12.9. The molecule has 1 amide bonds. The number of hydrogen-bond acceptors (Lipinski definition) is 5. The van der Waals surface area contributed by atoms with E-state index in [1.165, 1.54) is 11.3 Å². The summed E-state index contributed by atoms with van der Waals surface area (Å²) in [5.41, 5.74) is 4.56. The van der Waals surface area contributed by atoms with Gasteiger partial charge in [-0.1, -0.05) is 12.1 Å². The van der Waals surface area contributed by atoms with Crippen LogP contribution in [0.2, 0.25) is 0 Å². The van der Waals surface area contributed by atoms with Gasteiger partial charge in [0.25, 0.3) is 5.91 Å². The number of methoxy groups -OCH3 is 1. The number of carbonyl (C=O) groups is 1. The molecule has 0 unspecified atom stereocenters. The lowest BCUT2D eigenvalue weighted by Crippen LogP contribution is -2.24. The van der Waals surface area contributed by atoms with E-state index in [1.807, 2.05) is 30.3 Å². The largest absolute Gasteiger partial charge is 0.493 e. The van der Waals surface area contributed by atoms with Crippen molar-refractivity contribution in [1.82, 2.24) is 4.98 Å². The highest BCUT2D eigenvalue weighted by atomic mass is 16.5. The zero-order valence-corrected chi connectivity index (χ0v) is 17.2. The lowest BCUT2D eigenvalue weighted by atomic mass is 10.0. The van der Waals surface area contributed by atoms with Crippen molar-refractivity contribution in [3.63, 3.8) is 0 Å². The first-order valence-corrected chi connectivity index (χ1v) is 10.00. The van der Waals surface area contributed by atoms with E-state index in [9.17, 15) is 4.79 Å². The van der Waals surface area contributed by atoms with E-state index >= 15 is 0 Å². The second-order valence-electron chi connectivity index (χ2n) is 7.30. The molecule has 0 aliphatic carbocycles. The number of hydrogen-bond donors (Lipinski definition) is 1. The van der Waals surface area contributed by atoms with E-state index in [0.29, 0.717) is 23.7 Å². The zero-order chi connectivity index (χ0) is 20.9. The standard InChI is InChI=1S/C24H25N3O3/c1-27-13-5-6-17-8-10-19(15-21(17)27)26-24(28)18-9-11-22(29-2)23(14-18)30-16-20-7-3-4-12-25-20/h3-4,7-12,14-15H,5-6,13,16H2,1-2H3,(H,26,28). The second-order valence-corrected chi connectivity index (χ2v) is 7.30. The van der Waals surface area contributed by atoms with Gasteiger partial charge < -0.3 is 19.7 Å². The number of nitrogens with zero attached hydrogens (tertiary/aromatic N) is 2. The average Bonchev–Trinajstić information content (AvgIpc) is 2.78. The molecule has 1 aromatic heterocycles. The fourth-order valence-electron chi connectivity index (χ4n) is 3.60. The van der Waals surface area contributed by atoms with Crippen molar-refractivity contribution in [3.8, 4) is 11.5 Å². The van der Waals surface area contributed by atoms with Crippen molar-refractivity contribution in [2.75, 3.05) is 30.9 Å². The Morgan fingerprint density at radius 3 is 2.83 bits per heavy atom. The molecule has 2 aromatic carbocycles. The SMILES string of the molecule is COc1ccc(C(=O)Nc2ccc3c(c2)N(C)CCC3)cc1OCc1ccccn1. The van der Waals surface area contributed by atoms with Crippen LogP contribution in [0.5, 0.6) is 11.5 Å².